The second kappa shape index (κ2) is 15.4. The molecule has 1 unspecified atom stereocenters. The van der Waals surface area contributed by atoms with E-state index in [1.807, 2.05) is 38.1 Å². The van der Waals surface area contributed by atoms with Crippen molar-refractivity contribution in [1.29, 1.82) is 0 Å². The van der Waals surface area contributed by atoms with Gasteiger partial charge in [0.1, 0.15) is 18.2 Å². The third kappa shape index (κ3) is 8.68. The fourth-order valence-corrected chi connectivity index (χ4v) is 6.07. The lowest BCUT2D eigenvalue weighted by Crippen LogP contribution is -2.24. The molecule has 0 aliphatic heterocycles. The van der Waals surface area contributed by atoms with Crippen molar-refractivity contribution < 1.29 is 41.0 Å². The van der Waals surface area contributed by atoms with Gasteiger partial charge in [0, 0.05) is 43.9 Å². The summed E-state index contributed by atoms with van der Waals surface area (Å²) < 4.78 is 70.9. The highest BCUT2D eigenvalue weighted by Crippen LogP contribution is 2.31. The summed E-state index contributed by atoms with van der Waals surface area (Å²) in [6.07, 6.45) is -0.175. The van der Waals surface area contributed by atoms with Gasteiger partial charge in [-0.1, -0.05) is 6.07 Å². The highest BCUT2D eigenvalue weighted by molar-refractivity contribution is 7.91. The SMILES string of the molecule is COCCOC(=O)n1nc(NC(=O)c2ccc(CCN(C)C)cc2NC(C)COC)c2cc(S(=O)(=O)c3cc(F)cc(F)c3)ccc21. The first-order valence-corrected chi connectivity index (χ1v) is 16.1. The second-order valence-electron chi connectivity index (χ2n) is 11.0. The van der Waals surface area contributed by atoms with Crippen molar-refractivity contribution in [2.24, 2.45) is 0 Å². The third-order valence-corrected chi connectivity index (χ3v) is 8.75. The largest absolute Gasteiger partial charge is 0.445 e. The van der Waals surface area contributed by atoms with E-state index in [1.165, 1.54) is 25.3 Å². The van der Waals surface area contributed by atoms with Gasteiger partial charge in [0.05, 0.1) is 34.1 Å². The molecule has 4 rings (SSSR count). The number of anilines is 2. The number of likely N-dealkylation sites (N-methyl/N-ethyl adjacent to an activating group) is 1. The van der Waals surface area contributed by atoms with Crippen molar-refractivity contribution >= 4 is 44.2 Å². The molecular formula is C32H37F2N5O7S. The van der Waals surface area contributed by atoms with Crippen LogP contribution in [0.4, 0.5) is 25.1 Å². The highest BCUT2D eigenvalue weighted by atomic mass is 32.2. The molecule has 1 heterocycles. The van der Waals surface area contributed by atoms with E-state index in [1.54, 1.807) is 13.2 Å². The minimum Gasteiger partial charge on any atom is -0.445 e. The molecule has 0 spiro atoms. The minimum atomic E-state index is -4.43. The number of methoxy groups -OCH3 is 2. The van der Waals surface area contributed by atoms with Gasteiger partial charge in [-0.2, -0.15) is 4.68 Å². The average molecular weight is 674 g/mol. The van der Waals surface area contributed by atoms with Crippen LogP contribution in [-0.4, -0.2) is 95.8 Å². The summed E-state index contributed by atoms with van der Waals surface area (Å²) in [4.78, 5) is 27.8. The van der Waals surface area contributed by atoms with E-state index in [4.69, 9.17) is 14.2 Å². The van der Waals surface area contributed by atoms with E-state index in [-0.39, 0.29) is 46.4 Å². The topological polar surface area (TPSA) is 141 Å². The first kappa shape index (κ1) is 35.4. The number of halogens is 2. The summed E-state index contributed by atoms with van der Waals surface area (Å²) in [6, 6.07) is 10.8. The summed E-state index contributed by atoms with van der Waals surface area (Å²) in [5, 5.41) is 10.3. The normalized spacial score (nSPS) is 12.3. The van der Waals surface area contributed by atoms with Gasteiger partial charge < -0.3 is 29.7 Å². The first-order chi connectivity index (χ1) is 22.3. The molecule has 1 amide bonds. The van der Waals surface area contributed by atoms with Crippen molar-refractivity contribution in [3.05, 3.63) is 77.4 Å². The zero-order valence-corrected chi connectivity index (χ0v) is 27.5. The number of aromatic nitrogens is 2. The number of nitrogens with zero attached hydrogens (tertiary/aromatic N) is 3. The number of rotatable bonds is 14. The highest BCUT2D eigenvalue weighted by Gasteiger charge is 2.25. The Balaban J connectivity index is 1.78. The number of nitrogens with one attached hydrogen (secondary N) is 2. The lowest BCUT2D eigenvalue weighted by Gasteiger charge is -2.19. The monoisotopic (exact) mass is 673 g/mol. The maximum absolute atomic E-state index is 13.9. The molecule has 0 saturated carbocycles. The lowest BCUT2D eigenvalue weighted by atomic mass is 10.0. The van der Waals surface area contributed by atoms with E-state index in [9.17, 15) is 26.8 Å². The number of carbonyl (C=O) groups is 2. The number of hydrogen-bond donors (Lipinski definition) is 2. The predicted molar refractivity (Wildman–Crippen MR) is 172 cm³/mol. The van der Waals surface area contributed by atoms with Gasteiger partial charge in [0.25, 0.3) is 5.91 Å². The van der Waals surface area contributed by atoms with Crippen LogP contribution in [0, 0.1) is 11.6 Å². The molecule has 0 fully saturated rings. The summed E-state index contributed by atoms with van der Waals surface area (Å²) >= 11 is 0. The smallest absolute Gasteiger partial charge is 0.435 e. The zero-order valence-electron chi connectivity index (χ0n) is 26.7. The van der Waals surface area contributed by atoms with Crippen molar-refractivity contribution in [1.82, 2.24) is 14.7 Å². The van der Waals surface area contributed by atoms with Crippen molar-refractivity contribution in [3.63, 3.8) is 0 Å². The lowest BCUT2D eigenvalue weighted by molar-refractivity contribution is 0.0980. The summed E-state index contributed by atoms with van der Waals surface area (Å²) in [6.45, 7) is 3.08. The van der Waals surface area contributed by atoms with Crippen molar-refractivity contribution in [3.8, 4) is 0 Å². The van der Waals surface area contributed by atoms with Gasteiger partial charge >= 0.3 is 6.09 Å². The van der Waals surface area contributed by atoms with Crippen LogP contribution >= 0.6 is 0 Å². The Morgan fingerprint density at radius 1 is 0.957 bits per heavy atom. The maximum atomic E-state index is 13.9. The van der Waals surface area contributed by atoms with Crippen molar-refractivity contribution in [2.45, 2.75) is 29.2 Å². The number of amides is 1. The number of benzene rings is 3. The molecule has 0 bridgehead atoms. The molecule has 0 aliphatic carbocycles. The molecule has 15 heteroatoms. The van der Waals surface area contributed by atoms with Crippen molar-refractivity contribution in [2.75, 3.05) is 65.3 Å². The summed E-state index contributed by atoms with van der Waals surface area (Å²) in [7, 11) is 2.50. The number of fused-ring (bicyclic) bond motifs is 1. The molecule has 252 valence electrons. The Morgan fingerprint density at radius 2 is 1.68 bits per heavy atom. The predicted octanol–water partition coefficient (Wildman–Crippen LogP) is 4.58. The Kier molecular flexibility index (Phi) is 11.6. The molecule has 1 atom stereocenters. The molecule has 0 saturated heterocycles. The number of carbonyl (C=O) groups excluding carboxylic acids is 2. The van der Waals surface area contributed by atoms with Crippen LogP contribution in [0.25, 0.3) is 10.9 Å². The summed E-state index contributed by atoms with van der Waals surface area (Å²) in [5.41, 5.74) is 1.88. The number of sulfone groups is 1. The van der Waals surface area contributed by atoms with Crippen LogP contribution in [0.15, 0.2) is 64.4 Å². The van der Waals surface area contributed by atoms with E-state index in [0.717, 1.165) is 23.2 Å². The first-order valence-electron chi connectivity index (χ1n) is 14.6. The fraction of sp³-hybridized carbons (Fsp3) is 0.344. The molecule has 12 nitrogen and oxygen atoms in total. The average Bonchev–Trinajstić information content (AvgIpc) is 3.37. The Hall–Kier alpha value is -4.44. The molecule has 0 aliphatic rings. The Labute approximate surface area is 271 Å². The van der Waals surface area contributed by atoms with Gasteiger partial charge in [0.2, 0.25) is 9.84 Å². The zero-order chi connectivity index (χ0) is 34.3. The van der Waals surface area contributed by atoms with Crippen LogP contribution in [-0.2, 0) is 30.5 Å². The molecular weight excluding hydrogens is 636 g/mol. The van der Waals surface area contributed by atoms with Crippen LogP contribution in [0.1, 0.15) is 22.8 Å². The number of ether oxygens (including phenoxy) is 3. The second-order valence-corrected chi connectivity index (χ2v) is 13.0. The standard InChI is InChI=1S/C32H37F2N5O7S/c1-20(19-45-5)35-28-14-21(10-11-38(2)3)6-8-26(28)31(40)36-30-27-18-24(47(42,43)25-16-22(33)15-23(34)17-25)7-9-29(27)39(37-30)32(41)46-13-12-44-4/h6-9,14-18,20,35H,10-13,19H2,1-5H3,(H,36,37,40). The Bertz CT molecular complexity index is 1840. The van der Waals surface area contributed by atoms with Crippen LogP contribution < -0.4 is 10.6 Å². The van der Waals surface area contributed by atoms with Crippen LogP contribution in [0.2, 0.25) is 0 Å². The molecule has 47 heavy (non-hydrogen) atoms. The molecule has 4 aromatic rings. The molecule has 3 aromatic carbocycles. The van der Waals surface area contributed by atoms with E-state index < -0.39 is 38.4 Å². The minimum absolute atomic E-state index is 0.0601. The number of hydrogen-bond acceptors (Lipinski definition) is 10. The van der Waals surface area contributed by atoms with Crippen LogP contribution in [0.5, 0.6) is 0 Å². The van der Waals surface area contributed by atoms with Gasteiger partial charge in [-0.25, -0.2) is 22.0 Å². The third-order valence-electron chi connectivity index (χ3n) is 7.02. The van der Waals surface area contributed by atoms with E-state index in [0.29, 0.717) is 30.5 Å². The van der Waals surface area contributed by atoms with Gasteiger partial charge in [-0.3, -0.25) is 4.79 Å². The fourth-order valence-electron chi connectivity index (χ4n) is 4.74. The summed E-state index contributed by atoms with van der Waals surface area (Å²) in [5.74, 6) is -2.89. The van der Waals surface area contributed by atoms with E-state index >= 15 is 0 Å². The Morgan fingerprint density at radius 3 is 2.34 bits per heavy atom. The van der Waals surface area contributed by atoms with Crippen LogP contribution in [0.3, 0.4) is 0 Å². The van der Waals surface area contributed by atoms with Gasteiger partial charge in [-0.05, 0) is 75.5 Å². The van der Waals surface area contributed by atoms with Gasteiger partial charge in [-0.15, -0.1) is 5.10 Å². The maximum Gasteiger partial charge on any atom is 0.435 e. The molecule has 2 N–H and O–H groups in total. The molecule has 1 aromatic heterocycles. The molecule has 0 radical (unpaired) electrons. The van der Waals surface area contributed by atoms with E-state index in [2.05, 4.69) is 15.7 Å². The van der Waals surface area contributed by atoms with Gasteiger partial charge in [0.15, 0.2) is 5.82 Å². The quantitative estimate of drug-likeness (QED) is 0.183.